The van der Waals surface area contributed by atoms with E-state index in [0.717, 1.165) is 46.2 Å². The first-order chi connectivity index (χ1) is 13.6. The highest BCUT2D eigenvalue weighted by molar-refractivity contribution is 7.99. The number of anilines is 2. The number of aromatic nitrogens is 1. The Labute approximate surface area is 172 Å². The molecule has 1 aromatic heterocycles. The molecule has 2 heterocycles. The van der Waals surface area contributed by atoms with Crippen LogP contribution in [-0.2, 0) is 15.3 Å². The van der Waals surface area contributed by atoms with E-state index in [-0.39, 0.29) is 11.8 Å². The monoisotopic (exact) mass is 411 g/mol. The first kappa shape index (κ1) is 19.0. The van der Waals surface area contributed by atoms with Gasteiger partial charge in [-0.2, -0.15) is 0 Å². The number of fused-ring (bicyclic) bond motifs is 1. The normalized spacial score (nSPS) is 14.0. The van der Waals surface area contributed by atoms with E-state index in [0.29, 0.717) is 12.2 Å². The zero-order chi connectivity index (χ0) is 19.5. The lowest BCUT2D eigenvalue weighted by molar-refractivity contribution is -0.117. The Bertz CT molecular complexity index is 998. The second kappa shape index (κ2) is 8.32. The van der Waals surface area contributed by atoms with Crippen molar-refractivity contribution in [2.45, 2.75) is 25.5 Å². The lowest BCUT2D eigenvalue weighted by Gasteiger charge is -2.19. The molecule has 3 aromatic rings. The second-order valence-corrected chi connectivity index (χ2v) is 8.87. The first-order valence-electron chi connectivity index (χ1n) is 9.23. The largest absolute Gasteiger partial charge is 0.325 e. The average molecular weight is 412 g/mol. The Morgan fingerprint density at radius 2 is 2.14 bits per heavy atom. The van der Waals surface area contributed by atoms with Crippen molar-refractivity contribution in [3.63, 3.8) is 0 Å². The van der Waals surface area contributed by atoms with Gasteiger partial charge in [0.05, 0.1) is 16.0 Å². The molecule has 1 saturated heterocycles. The second-order valence-electron chi connectivity index (χ2n) is 6.77. The summed E-state index contributed by atoms with van der Waals surface area (Å²) < 4.78 is 1.18. The number of rotatable bonds is 6. The number of hydrogen-bond acceptors (Lipinski definition) is 5. The van der Waals surface area contributed by atoms with Crippen molar-refractivity contribution in [2.24, 2.45) is 0 Å². The van der Waals surface area contributed by atoms with E-state index in [2.05, 4.69) is 16.4 Å². The van der Waals surface area contributed by atoms with Crippen LogP contribution in [0.2, 0.25) is 0 Å². The van der Waals surface area contributed by atoms with Crippen LogP contribution in [-0.4, -0.2) is 29.1 Å². The Morgan fingerprint density at radius 1 is 1.29 bits per heavy atom. The van der Waals surface area contributed by atoms with Crippen LogP contribution in [0.3, 0.4) is 0 Å². The lowest BCUT2D eigenvalue weighted by atomic mass is 10.1. The molecular formula is C21H21N3O2S2. The van der Waals surface area contributed by atoms with Gasteiger partial charge in [0.2, 0.25) is 11.8 Å². The molecule has 144 valence electrons. The number of nitrogens with zero attached hydrogens (tertiary/aromatic N) is 2. The van der Waals surface area contributed by atoms with Crippen LogP contribution in [0.1, 0.15) is 23.4 Å². The average Bonchev–Trinajstić information content (AvgIpc) is 3.27. The summed E-state index contributed by atoms with van der Waals surface area (Å²) in [6.07, 6.45) is 1.52. The molecule has 5 nitrogen and oxygen atoms in total. The number of hydrogen-bond donors (Lipinski definition) is 1. The molecule has 1 N–H and O–H groups in total. The summed E-state index contributed by atoms with van der Waals surface area (Å²) in [4.78, 5) is 30.6. The molecule has 0 unspecified atom stereocenters. The third kappa shape index (κ3) is 4.20. The van der Waals surface area contributed by atoms with Crippen molar-refractivity contribution in [2.75, 3.05) is 22.5 Å². The number of aryl methyl sites for hydroxylation is 1. The summed E-state index contributed by atoms with van der Waals surface area (Å²) in [6, 6.07) is 13.8. The Balaban J connectivity index is 1.31. The molecular weight excluding hydrogens is 390 g/mol. The van der Waals surface area contributed by atoms with Gasteiger partial charge in [-0.1, -0.05) is 12.1 Å². The van der Waals surface area contributed by atoms with E-state index >= 15 is 0 Å². The zero-order valence-electron chi connectivity index (χ0n) is 15.6. The molecule has 0 spiro atoms. The maximum atomic E-state index is 12.3. The molecule has 0 aliphatic carbocycles. The highest BCUT2D eigenvalue weighted by Crippen LogP contribution is 2.28. The number of para-hydroxylation sites is 1. The van der Waals surface area contributed by atoms with Gasteiger partial charge in [-0.05, 0) is 49.2 Å². The molecule has 28 heavy (non-hydrogen) atoms. The van der Waals surface area contributed by atoms with Gasteiger partial charge in [0.15, 0.2) is 0 Å². The molecule has 2 amide bonds. The summed E-state index contributed by atoms with van der Waals surface area (Å²) in [6.45, 7) is 2.74. The van der Waals surface area contributed by atoms with Gasteiger partial charge in [-0.15, -0.1) is 23.1 Å². The van der Waals surface area contributed by atoms with Crippen LogP contribution in [0.4, 0.5) is 11.4 Å². The van der Waals surface area contributed by atoms with E-state index in [1.165, 1.54) is 4.70 Å². The minimum absolute atomic E-state index is 0.0319. The van der Waals surface area contributed by atoms with Crippen LogP contribution in [0.15, 0.2) is 42.5 Å². The number of carbonyl (C=O) groups is 2. The number of amides is 2. The van der Waals surface area contributed by atoms with Gasteiger partial charge >= 0.3 is 0 Å². The molecule has 0 atom stereocenters. The maximum absolute atomic E-state index is 12.3. The van der Waals surface area contributed by atoms with Crippen molar-refractivity contribution >= 4 is 56.5 Å². The number of nitrogens with one attached hydrogen (secondary N) is 1. The Kier molecular flexibility index (Phi) is 5.64. The lowest BCUT2D eigenvalue weighted by Crippen LogP contribution is -2.24. The minimum atomic E-state index is -0.0319. The smallest absolute Gasteiger partial charge is 0.234 e. The third-order valence-electron chi connectivity index (χ3n) is 4.64. The minimum Gasteiger partial charge on any atom is -0.325 e. The van der Waals surface area contributed by atoms with Crippen LogP contribution in [0.5, 0.6) is 0 Å². The highest BCUT2D eigenvalue weighted by Gasteiger charge is 2.23. The first-order valence-corrected chi connectivity index (χ1v) is 11.2. The van der Waals surface area contributed by atoms with Crippen LogP contribution >= 0.6 is 23.1 Å². The predicted molar refractivity (Wildman–Crippen MR) is 117 cm³/mol. The molecule has 1 aliphatic rings. The Hall–Kier alpha value is -2.38. The van der Waals surface area contributed by atoms with E-state index < -0.39 is 0 Å². The quantitative estimate of drug-likeness (QED) is 0.644. The fourth-order valence-corrected chi connectivity index (χ4v) is 5.20. The van der Waals surface area contributed by atoms with Crippen molar-refractivity contribution < 1.29 is 9.59 Å². The zero-order valence-corrected chi connectivity index (χ0v) is 17.2. The number of carbonyl (C=O) groups excluding carboxylic acids is 2. The van der Waals surface area contributed by atoms with Gasteiger partial charge in [0, 0.05) is 30.1 Å². The van der Waals surface area contributed by atoms with Crippen molar-refractivity contribution in [3.05, 3.63) is 53.0 Å². The molecule has 4 rings (SSSR count). The molecule has 1 aliphatic heterocycles. The molecule has 2 aromatic carbocycles. The van der Waals surface area contributed by atoms with Crippen molar-refractivity contribution in [3.8, 4) is 0 Å². The summed E-state index contributed by atoms with van der Waals surface area (Å²) in [5, 5.41) is 3.98. The van der Waals surface area contributed by atoms with E-state index in [9.17, 15) is 9.59 Å². The van der Waals surface area contributed by atoms with Gasteiger partial charge < -0.3 is 10.2 Å². The standard InChI is InChI=1S/C21H21N3O2S2/c1-14-11-15(8-9-17(14)24-10-4-7-21(24)26)22-19(25)12-27-13-20-23-16-5-2-3-6-18(16)28-20/h2-3,5-6,8-9,11H,4,7,10,12-13H2,1H3,(H,22,25). The van der Waals surface area contributed by atoms with E-state index in [4.69, 9.17) is 0 Å². The molecule has 7 heteroatoms. The van der Waals surface area contributed by atoms with Crippen LogP contribution in [0.25, 0.3) is 10.2 Å². The topological polar surface area (TPSA) is 62.3 Å². The molecule has 0 bridgehead atoms. The fraction of sp³-hybridized carbons (Fsp3) is 0.286. The van der Waals surface area contributed by atoms with Crippen LogP contribution < -0.4 is 10.2 Å². The van der Waals surface area contributed by atoms with Gasteiger partial charge in [-0.25, -0.2) is 4.98 Å². The van der Waals surface area contributed by atoms with E-state index in [1.54, 1.807) is 23.1 Å². The van der Waals surface area contributed by atoms with Gasteiger partial charge in [0.25, 0.3) is 0 Å². The summed E-state index contributed by atoms with van der Waals surface area (Å²) in [5.74, 6) is 1.24. The van der Waals surface area contributed by atoms with Gasteiger partial charge in [0.1, 0.15) is 5.01 Å². The molecule has 0 radical (unpaired) electrons. The SMILES string of the molecule is Cc1cc(NC(=O)CSCc2nc3ccccc3s2)ccc1N1CCCC1=O. The summed E-state index contributed by atoms with van der Waals surface area (Å²) in [5.41, 5.74) is 3.71. The third-order valence-corrected chi connectivity index (χ3v) is 6.80. The van der Waals surface area contributed by atoms with E-state index in [1.807, 2.05) is 48.2 Å². The van der Waals surface area contributed by atoms with Gasteiger partial charge in [-0.3, -0.25) is 9.59 Å². The number of benzene rings is 2. The Morgan fingerprint density at radius 3 is 2.89 bits per heavy atom. The number of thioether (sulfide) groups is 1. The predicted octanol–water partition coefficient (Wildman–Crippen LogP) is 4.60. The molecule has 1 fully saturated rings. The van der Waals surface area contributed by atoms with Crippen LogP contribution in [0, 0.1) is 6.92 Å². The highest BCUT2D eigenvalue weighted by atomic mass is 32.2. The maximum Gasteiger partial charge on any atom is 0.234 e. The summed E-state index contributed by atoms with van der Waals surface area (Å²) >= 11 is 3.23. The molecule has 0 saturated carbocycles. The summed E-state index contributed by atoms with van der Waals surface area (Å²) in [7, 11) is 0. The number of thiazole rings is 1. The van der Waals surface area contributed by atoms with Crippen molar-refractivity contribution in [1.82, 2.24) is 4.98 Å². The fourth-order valence-electron chi connectivity index (χ4n) is 3.35. The van der Waals surface area contributed by atoms with Crippen molar-refractivity contribution in [1.29, 1.82) is 0 Å².